The number of imidazole rings is 1. The van der Waals surface area contributed by atoms with Crippen molar-refractivity contribution in [3.8, 4) is 17.6 Å². The van der Waals surface area contributed by atoms with Gasteiger partial charge in [0.1, 0.15) is 23.2 Å². The van der Waals surface area contributed by atoms with E-state index in [1.807, 2.05) is 0 Å². The number of aromatic amines is 1. The van der Waals surface area contributed by atoms with Crippen LogP contribution in [0.3, 0.4) is 0 Å². The van der Waals surface area contributed by atoms with E-state index >= 15 is 0 Å². The third kappa shape index (κ3) is 2.17. The average molecular weight is 289 g/mol. The van der Waals surface area contributed by atoms with Gasteiger partial charge in [0.2, 0.25) is 5.75 Å². The lowest BCUT2D eigenvalue weighted by atomic mass is 10.2. The molecule has 21 heavy (non-hydrogen) atoms. The average Bonchev–Trinajstić information content (AvgIpc) is 2.93. The Morgan fingerprint density at radius 1 is 1.14 bits per heavy atom. The van der Waals surface area contributed by atoms with Crippen LogP contribution in [0.15, 0.2) is 30.6 Å². The van der Waals surface area contributed by atoms with Gasteiger partial charge in [0.25, 0.3) is 0 Å². The van der Waals surface area contributed by atoms with Gasteiger partial charge in [-0.25, -0.2) is 18.2 Å². The fourth-order valence-electron chi connectivity index (χ4n) is 1.86. The number of aromatic nitrogens is 2. The van der Waals surface area contributed by atoms with Crippen molar-refractivity contribution < 1.29 is 17.9 Å². The number of rotatable bonds is 2. The van der Waals surface area contributed by atoms with Gasteiger partial charge in [-0.3, -0.25) is 0 Å². The first kappa shape index (κ1) is 13.0. The first-order valence-corrected chi connectivity index (χ1v) is 5.78. The van der Waals surface area contributed by atoms with Crippen LogP contribution in [0.25, 0.3) is 11.0 Å². The van der Waals surface area contributed by atoms with Crippen molar-refractivity contribution in [3.05, 3.63) is 53.6 Å². The summed E-state index contributed by atoms with van der Waals surface area (Å²) in [7, 11) is 0. The van der Waals surface area contributed by atoms with Gasteiger partial charge >= 0.3 is 0 Å². The van der Waals surface area contributed by atoms with Crippen LogP contribution in [0.2, 0.25) is 0 Å². The summed E-state index contributed by atoms with van der Waals surface area (Å²) in [5.74, 6) is -3.37. The SMILES string of the molecule is N#Cc1cc(Oc2c(F)cc3[nH]cnc3c2F)ccc1F. The van der Waals surface area contributed by atoms with Gasteiger partial charge in [0, 0.05) is 12.1 Å². The van der Waals surface area contributed by atoms with Gasteiger partial charge in [-0.2, -0.15) is 5.26 Å². The second-order valence-corrected chi connectivity index (χ2v) is 4.16. The molecule has 4 nitrogen and oxygen atoms in total. The normalized spacial score (nSPS) is 10.6. The Bertz CT molecular complexity index is 883. The lowest BCUT2D eigenvalue weighted by Crippen LogP contribution is -1.95. The van der Waals surface area contributed by atoms with Gasteiger partial charge in [-0.05, 0) is 12.1 Å². The zero-order chi connectivity index (χ0) is 15.0. The molecular weight excluding hydrogens is 283 g/mol. The van der Waals surface area contributed by atoms with Gasteiger partial charge in [0.15, 0.2) is 11.6 Å². The second kappa shape index (κ2) is 4.83. The molecule has 1 aromatic heterocycles. The van der Waals surface area contributed by atoms with E-state index in [-0.39, 0.29) is 22.3 Å². The van der Waals surface area contributed by atoms with E-state index in [0.717, 1.165) is 18.2 Å². The Morgan fingerprint density at radius 3 is 2.71 bits per heavy atom. The van der Waals surface area contributed by atoms with E-state index < -0.39 is 23.2 Å². The number of nitriles is 1. The van der Waals surface area contributed by atoms with Crippen LogP contribution in [0.1, 0.15) is 5.56 Å². The Kier molecular flexibility index (Phi) is 2.99. The maximum Gasteiger partial charge on any atom is 0.201 e. The molecule has 1 N–H and O–H groups in total. The minimum Gasteiger partial charge on any atom is -0.451 e. The van der Waals surface area contributed by atoms with E-state index in [9.17, 15) is 13.2 Å². The number of halogens is 3. The molecule has 1 heterocycles. The molecule has 0 aliphatic heterocycles. The summed E-state index contributed by atoms with van der Waals surface area (Å²) in [5, 5.41) is 8.72. The number of benzene rings is 2. The molecule has 0 aliphatic carbocycles. The van der Waals surface area contributed by atoms with Crippen molar-refractivity contribution >= 4 is 11.0 Å². The molecule has 0 saturated heterocycles. The summed E-state index contributed by atoms with van der Waals surface area (Å²) in [6, 6.07) is 5.87. The van der Waals surface area contributed by atoms with E-state index in [2.05, 4.69) is 9.97 Å². The van der Waals surface area contributed by atoms with Gasteiger partial charge in [0.05, 0.1) is 17.4 Å². The summed E-state index contributed by atoms with van der Waals surface area (Å²) < 4.78 is 46.3. The molecule has 0 atom stereocenters. The lowest BCUT2D eigenvalue weighted by molar-refractivity contribution is 0.410. The third-order valence-corrected chi connectivity index (χ3v) is 2.84. The van der Waals surface area contributed by atoms with Crippen molar-refractivity contribution in [3.63, 3.8) is 0 Å². The zero-order valence-corrected chi connectivity index (χ0v) is 10.3. The standard InChI is InChI=1S/C14H6F3N3O/c15-9-2-1-8(3-7(9)5-18)21-14-10(16)4-11-13(12(14)17)20-6-19-11/h1-4,6H,(H,19,20). The molecule has 3 rings (SSSR count). The highest BCUT2D eigenvalue weighted by Gasteiger charge is 2.18. The van der Waals surface area contributed by atoms with E-state index in [0.29, 0.717) is 0 Å². The molecule has 0 amide bonds. The number of hydrogen-bond donors (Lipinski definition) is 1. The molecule has 7 heteroatoms. The Hall–Kier alpha value is -3.01. The lowest BCUT2D eigenvalue weighted by Gasteiger charge is -2.08. The molecule has 104 valence electrons. The van der Waals surface area contributed by atoms with Gasteiger partial charge in [-0.15, -0.1) is 0 Å². The molecule has 0 saturated carbocycles. The van der Waals surface area contributed by atoms with Crippen LogP contribution < -0.4 is 4.74 Å². The fourth-order valence-corrected chi connectivity index (χ4v) is 1.86. The number of hydrogen-bond acceptors (Lipinski definition) is 3. The summed E-state index contributed by atoms with van der Waals surface area (Å²) in [6.45, 7) is 0. The molecule has 0 radical (unpaired) electrons. The quantitative estimate of drug-likeness (QED) is 0.783. The smallest absolute Gasteiger partial charge is 0.201 e. The van der Waals surface area contributed by atoms with Crippen LogP contribution in [0.5, 0.6) is 11.5 Å². The van der Waals surface area contributed by atoms with Gasteiger partial charge in [-0.1, -0.05) is 0 Å². The summed E-state index contributed by atoms with van der Waals surface area (Å²) in [6.07, 6.45) is 1.22. The van der Waals surface area contributed by atoms with Crippen molar-refractivity contribution in [1.29, 1.82) is 5.26 Å². The first-order valence-electron chi connectivity index (χ1n) is 5.78. The van der Waals surface area contributed by atoms with Crippen molar-refractivity contribution in [2.75, 3.05) is 0 Å². The number of nitrogens with zero attached hydrogens (tertiary/aromatic N) is 2. The van der Waals surface area contributed by atoms with Crippen LogP contribution in [0.4, 0.5) is 13.2 Å². The topological polar surface area (TPSA) is 61.7 Å². The van der Waals surface area contributed by atoms with Crippen molar-refractivity contribution in [1.82, 2.24) is 9.97 Å². The second-order valence-electron chi connectivity index (χ2n) is 4.16. The molecule has 3 aromatic rings. The third-order valence-electron chi connectivity index (χ3n) is 2.84. The Morgan fingerprint density at radius 2 is 1.95 bits per heavy atom. The highest BCUT2D eigenvalue weighted by Crippen LogP contribution is 2.32. The molecule has 0 aliphatic rings. The Balaban J connectivity index is 2.08. The number of nitrogens with one attached hydrogen (secondary N) is 1. The van der Waals surface area contributed by atoms with Crippen LogP contribution in [-0.2, 0) is 0 Å². The first-order chi connectivity index (χ1) is 10.1. The predicted molar refractivity (Wildman–Crippen MR) is 67.2 cm³/mol. The predicted octanol–water partition coefficient (Wildman–Crippen LogP) is 3.64. The number of H-pyrrole nitrogens is 1. The largest absolute Gasteiger partial charge is 0.451 e. The highest BCUT2D eigenvalue weighted by molar-refractivity contribution is 5.77. The van der Waals surface area contributed by atoms with Crippen molar-refractivity contribution in [2.45, 2.75) is 0 Å². The van der Waals surface area contributed by atoms with Crippen LogP contribution in [-0.4, -0.2) is 9.97 Å². The minimum absolute atomic E-state index is 0.0550. The zero-order valence-electron chi connectivity index (χ0n) is 10.3. The maximum atomic E-state index is 14.1. The monoisotopic (exact) mass is 289 g/mol. The Labute approximate surface area is 116 Å². The molecule has 0 fully saturated rings. The van der Waals surface area contributed by atoms with E-state index in [4.69, 9.17) is 10.00 Å². The van der Waals surface area contributed by atoms with Crippen LogP contribution in [0, 0.1) is 28.8 Å². The maximum absolute atomic E-state index is 14.1. The highest BCUT2D eigenvalue weighted by atomic mass is 19.1. The van der Waals surface area contributed by atoms with E-state index in [1.54, 1.807) is 6.07 Å². The minimum atomic E-state index is -0.978. The van der Waals surface area contributed by atoms with Gasteiger partial charge < -0.3 is 9.72 Å². The number of fused-ring (bicyclic) bond motifs is 1. The fraction of sp³-hybridized carbons (Fsp3) is 0. The summed E-state index contributed by atoms with van der Waals surface area (Å²) in [5.41, 5.74) is -0.169. The molecular formula is C14H6F3N3O. The summed E-state index contributed by atoms with van der Waals surface area (Å²) in [4.78, 5) is 6.30. The molecule has 0 spiro atoms. The summed E-state index contributed by atoms with van der Waals surface area (Å²) >= 11 is 0. The molecule has 2 aromatic carbocycles. The molecule has 0 unspecified atom stereocenters. The van der Waals surface area contributed by atoms with E-state index in [1.165, 1.54) is 12.4 Å². The van der Waals surface area contributed by atoms with Crippen molar-refractivity contribution in [2.24, 2.45) is 0 Å². The number of ether oxygens (including phenoxy) is 1. The van der Waals surface area contributed by atoms with Crippen LogP contribution >= 0.6 is 0 Å². The molecule has 0 bridgehead atoms.